The molecule has 0 bridgehead atoms. The van der Waals surface area contributed by atoms with E-state index in [0.29, 0.717) is 18.6 Å². The Labute approximate surface area is 171 Å². The Bertz CT molecular complexity index is 962. The van der Waals surface area contributed by atoms with E-state index >= 15 is 0 Å². The van der Waals surface area contributed by atoms with Gasteiger partial charge in [0.1, 0.15) is 22.4 Å². The van der Waals surface area contributed by atoms with Gasteiger partial charge in [0.15, 0.2) is 0 Å². The van der Waals surface area contributed by atoms with Crippen molar-refractivity contribution < 1.29 is 22.7 Å². The summed E-state index contributed by atoms with van der Waals surface area (Å²) in [4.78, 5) is 12.9. The molecule has 1 fully saturated rings. The summed E-state index contributed by atoms with van der Waals surface area (Å²) < 4.78 is 38.4. The summed E-state index contributed by atoms with van der Waals surface area (Å²) in [7, 11) is -1.06. The molecule has 0 spiro atoms. The molecule has 3 rings (SSSR count). The first-order valence-corrected chi connectivity index (χ1v) is 10.9. The third-order valence-electron chi connectivity index (χ3n) is 5.12. The van der Waals surface area contributed by atoms with Gasteiger partial charge in [-0.25, -0.2) is 8.42 Å². The van der Waals surface area contributed by atoms with Crippen molar-refractivity contribution in [2.24, 2.45) is 0 Å². The van der Waals surface area contributed by atoms with Crippen molar-refractivity contribution in [3.05, 3.63) is 54.1 Å². The fourth-order valence-corrected chi connectivity index (χ4v) is 5.37. The Morgan fingerprint density at radius 1 is 1.14 bits per heavy atom. The van der Waals surface area contributed by atoms with Crippen LogP contribution in [-0.2, 0) is 14.8 Å². The molecule has 1 saturated heterocycles. The molecule has 2 aromatic rings. The highest BCUT2D eigenvalue weighted by Gasteiger charge is 2.41. The lowest BCUT2D eigenvalue weighted by Crippen LogP contribution is -2.46. The van der Waals surface area contributed by atoms with Crippen molar-refractivity contribution in [2.45, 2.75) is 36.7 Å². The van der Waals surface area contributed by atoms with Gasteiger partial charge in [-0.3, -0.25) is 4.79 Å². The number of hydrogen-bond acceptors (Lipinski definition) is 5. The fourth-order valence-electron chi connectivity index (χ4n) is 3.54. The van der Waals surface area contributed by atoms with Gasteiger partial charge in [-0.05, 0) is 37.5 Å². The summed E-state index contributed by atoms with van der Waals surface area (Å²) >= 11 is 0. The number of carbonyl (C=O) groups is 1. The predicted octanol–water partition coefficient (Wildman–Crippen LogP) is 2.73. The maximum atomic E-state index is 13.4. The van der Waals surface area contributed by atoms with Crippen molar-refractivity contribution in [3.8, 4) is 11.5 Å². The fraction of sp³-hybridized carbons (Fsp3) is 0.381. The molecular formula is C21H26N2O5S. The van der Waals surface area contributed by atoms with Crippen LogP contribution in [0.15, 0.2) is 53.4 Å². The molecule has 156 valence electrons. The Kier molecular flexibility index (Phi) is 6.44. The minimum absolute atomic E-state index is 0.00448. The van der Waals surface area contributed by atoms with E-state index in [9.17, 15) is 13.2 Å². The summed E-state index contributed by atoms with van der Waals surface area (Å²) in [5.74, 6) is 0.320. The molecule has 0 unspecified atom stereocenters. The number of nitrogens with one attached hydrogen (secondary N) is 1. The topological polar surface area (TPSA) is 84.9 Å². The lowest BCUT2D eigenvalue weighted by Gasteiger charge is -2.26. The number of sulfonamides is 1. The van der Waals surface area contributed by atoms with Crippen LogP contribution < -0.4 is 14.8 Å². The Morgan fingerprint density at radius 2 is 1.86 bits per heavy atom. The molecule has 1 aliphatic rings. The highest BCUT2D eigenvalue weighted by atomic mass is 32.2. The zero-order chi connectivity index (χ0) is 21.0. The average Bonchev–Trinajstić information content (AvgIpc) is 3.25. The van der Waals surface area contributed by atoms with Gasteiger partial charge in [0, 0.05) is 12.6 Å². The van der Waals surface area contributed by atoms with Gasteiger partial charge in [0.25, 0.3) is 0 Å². The number of nitrogens with zero attached hydrogens (tertiary/aromatic N) is 1. The third kappa shape index (κ3) is 4.38. The highest BCUT2D eigenvalue weighted by Crippen LogP contribution is 2.34. The Morgan fingerprint density at radius 3 is 2.52 bits per heavy atom. The highest BCUT2D eigenvalue weighted by molar-refractivity contribution is 7.89. The lowest BCUT2D eigenvalue weighted by atomic mass is 10.1. The third-order valence-corrected chi connectivity index (χ3v) is 7.05. The van der Waals surface area contributed by atoms with E-state index in [4.69, 9.17) is 9.47 Å². The molecule has 0 saturated carbocycles. The first-order valence-electron chi connectivity index (χ1n) is 9.47. The number of amides is 1. The van der Waals surface area contributed by atoms with Gasteiger partial charge in [0.2, 0.25) is 15.9 Å². The first-order chi connectivity index (χ1) is 13.9. The number of ether oxygens (including phenoxy) is 2. The molecule has 0 aliphatic carbocycles. The second-order valence-corrected chi connectivity index (χ2v) is 8.79. The van der Waals surface area contributed by atoms with E-state index in [2.05, 4.69) is 5.32 Å². The maximum absolute atomic E-state index is 13.4. The molecule has 1 heterocycles. The number of hydrogen-bond donors (Lipinski definition) is 1. The molecular weight excluding hydrogens is 392 g/mol. The van der Waals surface area contributed by atoms with E-state index in [0.717, 1.165) is 5.56 Å². The minimum Gasteiger partial charge on any atom is -0.497 e. The van der Waals surface area contributed by atoms with E-state index in [1.165, 1.54) is 24.6 Å². The lowest BCUT2D eigenvalue weighted by molar-refractivity contribution is -0.124. The van der Waals surface area contributed by atoms with Crippen molar-refractivity contribution in [1.29, 1.82) is 0 Å². The molecule has 29 heavy (non-hydrogen) atoms. The molecule has 7 nitrogen and oxygen atoms in total. The van der Waals surface area contributed by atoms with E-state index in [1.807, 2.05) is 37.3 Å². The zero-order valence-corrected chi connectivity index (χ0v) is 17.6. The van der Waals surface area contributed by atoms with E-state index in [1.54, 1.807) is 12.1 Å². The summed E-state index contributed by atoms with van der Waals surface area (Å²) in [5.41, 5.74) is 0.961. The molecule has 0 aromatic heterocycles. The van der Waals surface area contributed by atoms with Crippen molar-refractivity contribution >= 4 is 15.9 Å². The van der Waals surface area contributed by atoms with Crippen LogP contribution in [0, 0.1) is 0 Å². The molecule has 2 atom stereocenters. The summed E-state index contributed by atoms with van der Waals surface area (Å²) in [6, 6.07) is 13.2. The normalized spacial score (nSPS) is 18.2. The quantitative estimate of drug-likeness (QED) is 0.747. The molecule has 0 radical (unpaired) electrons. The second-order valence-electron chi connectivity index (χ2n) is 6.93. The number of rotatable bonds is 7. The van der Waals surface area contributed by atoms with Gasteiger partial charge in [-0.2, -0.15) is 4.31 Å². The Balaban J connectivity index is 1.85. The smallest absolute Gasteiger partial charge is 0.247 e. The number of benzene rings is 2. The zero-order valence-electron chi connectivity index (χ0n) is 16.8. The van der Waals surface area contributed by atoms with Crippen LogP contribution >= 0.6 is 0 Å². The van der Waals surface area contributed by atoms with E-state index < -0.39 is 16.1 Å². The maximum Gasteiger partial charge on any atom is 0.247 e. The Hall–Kier alpha value is -2.58. The van der Waals surface area contributed by atoms with Crippen LogP contribution in [0.25, 0.3) is 0 Å². The summed E-state index contributed by atoms with van der Waals surface area (Å²) in [6.07, 6.45) is 1.09. The van der Waals surface area contributed by atoms with Crippen LogP contribution in [0.2, 0.25) is 0 Å². The molecule has 8 heteroatoms. The molecule has 1 amide bonds. The van der Waals surface area contributed by atoms with Gasteiger partial charge < -0.3 is 14.8 Å². The van der Waals surface area contributed by atoms with Crippen molar-refractivity contribution in [1.82, 2.24) is 9.62 Å². The second kappa shape index (κ2) is 8.84. The van der Waals surface area contributed by atoms with Gasteiger partial charge >= 0.3 is 0 Å². The van der Waals surface area contributed by atoms with Gasteiger partial charge in [-0.15, -0.1) is 0 Å². The van der Waals surface area contributed by atoms with Gasteiger partial charge in [0.05, 0.1) is 20.3 Å². The number of carbonyl (C=O) groups excluding carboxylic acids is 1. The van der Waals surface area contributed by atoms with Crippen molar-refractivity contribution in [3.63, 3.8) is 0 Å². The van der Waals surface area contributed by atoms with Crippen LogP contribution in [0.1, 0.15) is 31.4 Å². The molecule has 1 N–H and O–H groups in total. The SMILES string of the molecule is COc1ccc(OC)c(S(=O)(=O)N2CCC[C@@H]2C(=O)N[C@H](C)c2ccccc2)c1. The summed E-state index contributed by atoms with van der Waals surface area (Å²) in [6.45, 7) is 2.16. The largest absolute Gasteiger partial charge is 0.497 e. The van der Waals surface area contributed by atoms with Crippen molar-refractivity contribution in [2.75, 3.05) is 20.8 Å². The summed E-state index contributed by atoms with van der Waals surface area (Å²) in [5, 5.41) is 2.94. The molecule has 2 aromatic carbocycles. The van der Waals surface area contributed by atoms with Crippen LogP contribution in [0.4, 0.5) is 0 Å². The van der Waals surface area contributed by atoms with Gasteiger partial charge in [-0.1, -0.05) is 30.3 Å². The molecule has 1 aliphatic heterocycles. The predicted molar refractivity (Wildman–Crippen MR) is 109 cm³/mol. The van der Waals surface area contributed by atoms with E-state index in [-0.39, 0.29) is 29.1 Å². The first kappa shape index (κ1) is 21.1. The average molecular weight is 419 g/mol. The van der Waals surface area contributed by atoms with Crippen LogP contribution in [0.5, 0.6) is 11.5 Å². The van der Waals surface area contributed by atoms with Crippen LogP contribution in [0.3, 0.4) is 0 Å². The standard InChI is InChI=1S/C21H26N2O5S/c1-15(16-8-5-4-6-9-16)22-21(24)18-10-7-13-23(18)29(25,26)20-14-17(27-2)11-12-19(20)28-3/h4-6,8-9,11-12,14-15,18H,7,10,13H2,1-3H3,(H,22,24)/t15-,18-/m1/s1. The monoisotopic (exact) mass is 418 g/mol. The van der Waals surface area contributed by atoms with Crippen LogP contribution in [-0.4, -0.2) is 45.4 Å². The number of methoxy groups -OCH3 is 2. The minimum atomic E-state index is -3.94.